The fourth-order valence-electron chi connectivity index (χ4n) is 2.91. The lowest BCUT2D eigenvalue weighted by Gasteiger charge is -2.04. The van der Waals surface area contributed by atoms with E-state index in [0.29, 0.717) is 23.6 Å². The SMILES string of the molecule is CCCO/N=C1/C(c2c(O)[nH]c3ccccc23)=Nc2ccccc21. The largest absolute Gasteiger partial charge is 0.494 e. The van der Waals surface area contributed by atoms with Crippen molar-refractivity contribution in [3.05, 3.63) is 59.7 Å². The van der Waals surface area contributed by atoms with Gasteiger partial charge in [0.25, 0.3) is 0 Å². The summed E-state index contributed by atoms with van der Waals surface area (Å²) in [5.74, 6) is 0.0888. The van der Waals surface area contributed by atoms with E-state index in [1.54, 1.807) is 0 Å². The Kier molecular flexibility index (Phi) is 3.54. The highest BCUT2D eigenvalue weighted by Gasteiger charge is 2.28. The number of aromatic nitrogens is 1. The van der Waals surface area contributed by atoms with Crippen molar-refractivity contribution in [2.45, 2.75) is 13.3 Å². The molecular formula is C19H17N3O2. The molecule has 0 aliphatic carbocycles. The molecule has 1 aliphatic heterocycles. The number of aliphatic imine (C=N–C) groups is 1. The maximum Gasteiger partial charge on any atom is 0.199 e. The van der Waals surface area contributed by atoms with E-state index < -0.39 is 0 Å². The highest BCUT2D eigenvalue weighted by atomic mass is 16.6. The highest BCUT2D eigenvalue weighted by Crippen LogP contribution is 2.35. The summed E-state index contributed by atoms with van der Waals surface area (Å²) in [5, 5.41) is 15.6. The first kappa shape index (κ1) is 14.5. The quantitative estimate of drug-likeness (QED) is 0.560. The first-order valence-corrected chi connectivity index (χ1v) is 7.98. The maximum absolute atomic E-state index is 10.4. The van der Waals surface area contributed by atoms with E-state index in [2.05, 4.69) is 10.1 Å². The number of hydrogen-bond acceptors (Lipinski definition) is 4. The highest BCUT2D eigenvalue weighted by molar-refractivity contribution is 6.58. The van der Waals surface area contributed by atoms with Crippen molar-refractivity contribution in [2.24, 2.45) is 10.1 Å². The fourth-order valence-corrected chi connectivity index (χ4v) is 2.91. The van der Waals surface area contributed by atoms with Crippen molar-refractivity contribution >= 4 is 28.0 Å². The van der Waals surface area contributed by atoms with Gasteiger partial charge in [-0.2, -0.15) is 0 Å². The van der Waals surface area contributed by atoms with E-state index in [-0.39, 0.29) is 5.88 Å². The molecule has 0 radical (unpaired) electrons. The number of nitrogens with one attached hydrogen (secondary N) is 1. The summed E-state index contributed by atoms with van der Waals surface area (Å²) in [6, 6.07) is 15.5. The van der Waals surface area contributed by atoms with Gasteiger partial charge in [-0.25, -0.2) is 4.99 Å². The number of fused-ring (bicyclic) bond motifs is 2. The molecule has 1 aliphatic rings. The second-order valence-corrected chi connectivity index (χ2v) is 5.64. The van der Waals surface area contributed by atoms with Crippen LogP contribution in [0.15, 0.2) is 58.7 Å². The smallest absolute Gasteiger partial charge is 0.199 e. The Hall–Kier alpha value is -3.08. The standard InChI is InChI=1S/C19H17N3O2/c1-2-11-24-22-17-13-8-4-6-10-15(13)20-18(17)16-12-7-3-5-9-14(12)21-19(16)23/h3-10,21,23H,2,11H2,1H3/b22-17+. The van der Waals surface area contributed by atoms with Gasteiger partial charge < -0.3 is 14.9 Å². The van der Waals surface area contributed by atoms with E-state index in [0.717, 1.165) is 28.6 Å². The number of oxime groups is 1. The minimum absolute atomic E-state index is 0.0888. The number of benzene rings is 2. The van der Waals surface area contributed by atoms with Crippen LogP contribution in [0.25, 0.3) is 10.9 Å². The van der Waals surface area contributed by atoms with Gasteiger partial charge in [0.15, 0.2) is 5.88 Å². The Morgan fingerprint density at radius 3 is 2.79 bits per heavy atom. The normalized spacial score (nSPS) is 14.9. The molecule has 2 aromatic carbocycles. The Morgan fingerprint density at radius 2 is 1.92 bits per heavy atom. The molecule has 0 amide bonds. The molecular weight excluding hydrogens is 302 g/mol. The minimum Gasteiger partial charge on any atom is -0.494 e. The van der Waals surface area contributed by atoms with Crippen LogP contribution in [0.2, 0.25) is 0 Å². The van der Waals surface area contributed by atoms with E-state index in [9.17, 15) is 5.11 Å². The van der Waals surface area contributed by atoms with Crippen molar-refractivity contribution in [3.8, 4) is 5.88 Å². The third-order valence-electron chi connectivity index (χ3n) is 3.99. The first-order valence-electron chi connectivity index (χ1n) is 7.98. The van der Waals surface area contributed by atoms with E-state index in [4.69, 9.17) is 9.83 Å². The van der Waals surface area contributed by atoms with Crippen molar-refractivity contribution in [1.82, 2.24) is 4.98 Å². The molecule has 0 bridgehead atoms. The van der Waals surface area contributed by atoms with Crippen LogP contribution in [0.1, 0.15) is 24.5 Å². The molecule has 2 heterocycles. The number of para-hydroxylation sites is 2. The average molecular weight is 319 g/mol. The molecule has 5 nitrogen and oxygen atoms in total. The number of aromatic amines is 1. The van der Waals surface area contributed by atoms with Crippen LogP contribution in [0.5, 0.6) is 5.88 Å². The Labute approximate surface area is 139 Å². The summed E-state index contributed by atoms with van der Waals surface area (Å²) in [5.41, 5.74) is 4.53. The predicted octanol–water partition coefficient (Wildman–Crippen LogP) is 4.14. The molecule has 0 fully saturated rings. The first-order chi connectivity index (χ1) is 11.8. The molecule has 4 rings (SSSR count). The average Bonchev–Trinajstić information content (AvgIpc) is 3.12. The summed E-state index contributed by atoms with van der Waals surface area (Å²) in [7, 11) is 0. The maximum atomic E-state index is 10.4. The van der Waals surface area contributed by atoms with E-state index in [1.807, 2.05) is 55.5 Å². The molecule has 24 heavy (non-hydrogen) atoms. The van der Waals surface area contributed by atoms with Gasteiger partial charge in [-0.15, -0.1) is 0 Å². The molecule has 0 saturated heterocycles. The molecule has 0 saturated carbocycles. The van der Waals surface area contributed by atoms with Gasteiger partial charge in [-0.05, 0) is 18.6 Å². The van der Waals surface area contributed by atoms with Crippen LogP contribution in [0.4, 0.5) is 5.69 Å². The predicted molar refractivity (Wildman–Crippen MR) is 95.4 cm³/mol. The Morgan fingerprint density at radius 1 is 1.12 bits per heavy atom. The third-order valence-corrected chi connectivity index (χ3v) is 3.99. The molecule has 0 unspecified atom stereocenters. The molecule has 5 heteroatoms. The molecule has 0 atom stereocenters. The van der Waals surface area contributed by atoms with Crippen molar-refractivity contribution < 1.29 is 9.94 Å². The van der Waals surface area contributed by atoms with E-state index in [1.165, 1.54) is 0 Å². The van der Waals surface area contributed by atoms with Gasteiger partial charge in [-0.3, -0.25) is 0 Å². The zero-order valence-electron chi connectivity index (χ0n) is 13.3. The summed E-state index contributed by atoms with van der Waals surface area (Å²) in [6.45, 7) is 2.57. The number of hydrogen-bond donors (Lipinski definition) is 2. The van der Waals surface area contributed by atoms with Crippen LogP contribution in [-0.2, 0) is 4.84 Å². The van der Waals surface area contributed by atoms with Crippen LogP contribution < -0.4 is 0 Å². The zero-order valence-corrected chi connectivity index (χ0v) is 13.3. The topological polar surface area (TPSA) is 70.0 Å². The molecule has 1 aromatic heterocycles. The summed E-state index contributed by atoms with van der Waals surface area (Å²) < 4.78 is 0. The van der Waals surface area contributed by atoms with Crippen LogP contribution in [0, 0.1) is 0 Å². The fraction of sp³-hybridized carbons (Fsp3) is 0.158. The zero-order chi connectivity index (χ0) is 16.5. The molecule has 3 aromatic rings. The van der Waals surface area contributed by atoms with Gasteiger partial charge >= 0.3 is 0 Å². The summed E-state index contributed by atoms with van der Waals surface area (Å²) in [4.78, 5) is 13.1. The second-order valence-electron chi connectivity index (χ2n) is 5.64. The number of aromatic hydroxyl groups is 1. The van der Waals surface area contributed by atoms with Gasteiger partial charge in [-0.1, -0.05) is 48.5 Å². The number of rotatable bonds is 4. The van der Waals surface area contributed by atoms with Crippen molar-refractivity contribution in [2.75, 3.05) is 6.61 Å². The summed E-state index contributed by atoms with van der Waals surface area (Å²) >= 11 is 0. The molecule has 0 spiro atoms. The van der Waals surface area contributed by atoms with Crippen LogP contribution >= 0.6 is 0 Å². The van der Waals surface area contributed by atoms with Gasteiger partial charge in [0.1, 0.15) is 18.0 Å². The minimum atomic E-state index is 0.0888. The van der Waals surface area contributed by atoms with Crippen molar-refractivity contribution in [1.29, 1.82) is 0 Å². The van der Waals surface area contributed by atoms with E-state index >= 15 is 0 Å². The number of nitrogens with zero attached hydrogens (tertiary/aromatic N) is 2. The van der Waals surface area contributed by atoms with Crippen molar-refractivity contribution in [3.63, 3.8) is 0 Å². The molecule has 120 valence electrons. The summed E-state index contributed by atoms with van der Waals surface area (Å²) in [6.07, 6.45) is 0.878. The Balaban J connectivity index is 1.89. The second kappa shape index (κ2) is 5.85. The lowest BCUT2D eigenvalue weighted by atomic mass is 10.0. The Bertz CT molecular complexity index is 970. The lowest BCUT2D eigenvalue weighted by molar-refractivity contribution is 0.146. The third kappa shape index (κ3) is 2.25. The number of H-pyrrole nitrogens is 1. The molecule has 2 N–H and O–H groups in total. The lowest BCUT2D eigenvalue weighted by Crippen LogP contribution is -2.13. The van der Waals surface area contributed by atoms with Gasteiger partial charge in [0.05, 0.1) is 11.3 Å². The van der Waals surface area contributed by atoms with Gasteiger partial charge in [0.2, 0.25) is 0 Å². The van der Waals surface area contributed by atoms with Crippen LogP contribution in [-0.4, -0.2) is 28.1 Å². The van der Waals surface area contributed by atoms with Gasteiger partial charge in [0, 0.05) is 16.5 Å². The van der Waals surface area contributed by atoms with Crippen LogP contribution in [0.3, 0.4) is 0 Å². The monoisotopic (exact) mass is 319 g/mol.